The van der Waals surface area contributed by atoms with E-state index in [-0.39, 0.29) is 19.1 Å². The van der Waals surface area contributed by atoms with E-state index in [9.17, 15) is 13.6 Å². The van der Waals surface area contributed by atoms with E-state index in [1.807, 2.05) is 36.1 Å². The van der Waals surface area contributed by atoms with Crippen LogP contribution in [0.15, 0.2) is 24.3 Å². The number of nitrogens with zero attached hydrogens (tertiary/aromatic N) is 2. The van der Waals surface area contributed by atoms with Crippen LogP contribution in [0.3, 0.4) is 0 Å². The summed E-state index contributed by atoms with van der Waals surface area (Å²) < 4.78 is 33.4. The first-order valence-corrected chi connectivity index (χ1v) is 9.67. The minimum Gasteiger partial charge on any atom is -0.465 e. The molecule has 2 aromatic rings. The fourth-order valence-corrected chi connectivity index (χ4v) is 4.78. The third kappa shape index (κ3) is 3.35. The van der Waals surface area contributed by atoms with Gasteiger partial charge < -0.3 is 9.30 Å². The standard InChI is InChI=1S/C21H26F2N2O2/c1-14-19(20(26)27-2)17-5-3-4-6-18(17)25(14)11-15-7-9-16(10-8-15)24-12-21(22,23)13-24/h3-6,15-16H,7-13H2,1-2H3. The van der Waals surface area contributed by atoms with E-state index in [2.05, 4.69) is 4.57 Å². The van der Waals surface area contributed by atoms with Crippen molar-refractivity contribution in [3.8, 4) is 0 Å². The summed E-state index contributed by atoms with van der Waals surface area (Å²) in [6.07, 6.45) is 4.02. The summed E-state index contributed by atoms with van der Waals surface area (Å²) in [7, 11) is 1.41. The zero-order chi connectivity index (χ0) is 19.2. The first-order chi connectivity index (χ1) is 12.9. The van der Waals surface area contributed by atoms with Gasteiger partial charge in [0.15, 0.2) is 0 Å². The van der Waals surface area contributed by atoms with E-state index in [0.29, 0.717) is 17.5 Å². The van der Waals surface area contributed by atoms with Gasteiger partial charge in [0.05, 0.1) is 25.8 Å². The highest BCUT2D eigenvalue weighted by molar-refractivity contribution is 6.05. The van der Waals surface area contributed by atoms with E-state index >= 15 is 0 Å². The molecule has 1 saturated heterocycles. The number of esters is 1. The average molecular weight is 376 g/mol. The maximum Gasteiger partial charge on any atom is 0.340 e. The van der Waals surface area contributed by atoms with Gasteiger partial charge in [0.25, 0.3) is 5.92 Å². The molecule has 0 amide bonds. The van der Waals surface area contributed by atoms with Gasteiger partial charge in [-0.25, -0.2) is 13.6 Å². The first-order valence-electron chi connectivity index (χ1n) is 9.67. The molecule has 0 bridgehead atoms. The topological polar surface area (TPSA) is 34.5 Å². The molecule has 0 radical (unpaired) electrons. The Morgan fingerprint density at radius 1 is 1.19 bits per heavy atom. The van der Waals surface area contributed by atoms with Gasteiger partial charge in [0.2, 0.25) is 0 Å². The summed E-state index contributed by atoms with van der Waals surface area (Å²) >= 11 is 0. The largest absolute Gasteiger partial charge is 0.465 e. The number of benzene rings is 1. The number of likely N-dealkylation sites (tertiary alicyclic amines) is 1. The Bertz CT molecular complexity index is 845. The maximum absolute atomic E-state index is 13.1. The third-order valence-corrected chi connectivity index (χ3v) is 6.26. The number of carbonyl (C=O) groups excluding carboxylic acids is 1. The zero-order valence-corrected chi connectivity index (χ0v) is 15.9. The lowest BCUT2D eigenvalue weighted by Crippen LogP contribution is -2.60. The van der Waals surface area contributed by atoms with Gasteiger partial charge in [-0.3, -0.25) is 4.90 Å². The predicted molar refractivity (Wildman–Crippen MR) is 100 cm³/mol. The summed E-state index contributed by atoms with van der Waals surface area (Å²) in [4.78, 5) is 14.2. The number of fused-ring (bicyclic) bond motifs is 1. The number of aromatic nitrogens is 1. The van der Waals surface area contributed by atoms with Crippen LogP contribution in [0.4, 0.5) is 8.78 Å². The van der Waals surface area contributed by atoms with Crippen molar-refractivity contribution in [2.45, 2.75) is 51.1 Å². The van der Waals surface area contributed by atoms with Crippen LogP contribution in [-0.4, -0.2) is 47.6 Å². The molecule has 1 aromatic heterocycles. The van der Waals surface area contributed by atoms with Crippen molar-refractivity contribution < 1.29 is 18.3 Å². The van der Waals surface area contributed by atoms with E-state index < -0.39 is 5.92 Å². The molecule has 1 aliphatic carbocycles. The van der Waals surface area contributed by atoms with Crippen molar-refractivity contribution >= 4 is 16.9 Å². The van der Waals surface area contributed by atoms with E-state index in [4.69, 9.17) is 4.74 Å². The van der Waals surface area contributed by atoms with Crippen LogP contribution in [-0.2, 0) is 11.3 Å². The number of rotatable bonds is 4. The molecule has 27 heavy (non-hydrogen) atoms. The van der Waals surface area contributed by atoms with Crippen LogP contribution >= 0.6 is 0 Å². The molecular formula is C21H26F2N2O2. The summed E-state index contributed by atoms with van der Waals surface area (Å²) in [5.74, 6) is -2.28. The molecule has 1 aliphatic heterocycles. The Morgan fingerprint density at radius 2 is 1.85 bits per heavy atom. The predicted octanol–water partition coefficient (Wildman–Crippen LogP) is 4.25. The first kappa shape index (κ1) is 18.4. The second-order valence-electron chi connectivity index (χ2n) is 8.02. The second kappa shape index (κ2) is 6.89. The highest BCUT2D eigenvalue weighted by Gasteiger charge is 2.46. The van der Waals surface area contributed by atoms with Crippen molar-refractivity contribution in [3.63, 3.8) is 0 Å². The Balaban J connectivity index is 1.48. The highest BCUT2D eigenvalue weighted by Crippen LogP contribution is 2.37. The van der Waals surface area contributed by atoms with Crippen LogP contribution in [0.2, 0.25) is 0 Å². The van der Waals surface area contributed by atoms with Crippen molar-refractivity contribution in [2.75, 3.05) is 20.2 Å². The quantitative estimate of drug-likeness (QED) is 0.749. The molecule has 1 aromatic carbocycles. The second-order valence-corrected chi connectivity index (χ2v) is 8.02. The molecule has 2 heterocycles. The van der Waals surface area contributed by atoms with Crippen LogP contribution < -0.4 is 0 Å². The number of alkyl halides is 2. The van der Waals surface area contributed by atoms with Crippen molar-refractivity contribution in [3.05, 3.63) is 35.5 Å². The lowest BCUT2D eigenvalue weighted by molar-refractivity contribution is -0.150. The van der Waals surface area contributed by atoms with E-state index in [0.717, 1.165) is 48.8 Å². The lowest BCUT2D eigenvalue weighted by Gasteiger charge is -2.46. The SMILES string of the molecule is COC(=O)c1c(C)n(CC2CCC(N3CC(F)(F)C3)CC2)c2ccccc12. The Morgan fingerprint density at radius 3 is 2.48 bits per heavy atom. The van der Waals surface area contributed by atoms with Gasteiger partial charge in [0.1, 0.15) is 0 Å². The molecule has 2 aliphatic rings. The molecule has 0 N–H and O–H groups in total. The molecule has 0 unspecified atom stereocenters. The summed E-state index contributed by atoms with van der Waals surface area (Å²) in [6, 6.07) is 8.23. The van der Waals surface area contributed by atoms with Crippen molar-refractivity contribution in [1.82, 2.24) is 9.47 Å². The minimum absolute atomic E-state index is 0.0772. The zero-order valence-electron chi connectivity index (χ0n) is 15.9. The van der Waals surface area contributed by atoms with Gasteiger partial charge in [-0.05, 0) is 44.6 Å². The van der Waals surface area contributed by atoms with E-state index in [1.165, 1.54) is 7.11 Å². The summed E-state index contributed by atoms with van der Waals surface area (Å²) in [6.45, 7) is 2.67. The Hall–Kier alpha value is -1.95. The van der Waals surface area contributed by atoms with Gasteiger partial charge in [-0.1, -0.05) is 18.2 Å². The molecule has 0 atom stereocenters. The minimum atomic E-state index is -2.48. The van der Waals surface area contributed by atoms with Crippen molar-refractivity contribution in [2.24, 2.45) is 5.92 Å². The van der Waals surface area contributed by atoms with Crippen LogP contribution in [0.25, 0.3) is 10.9 Å². The third-order valence-electron chi connectivity index (χ3n) is 6.26. The molecule has 2 fully saturated rings. The molecule has 146 valence electrons. The van der Waals surface area contributed by atoms with Gasteiger partial charge >= 0.3 is 5.97 Å². The maximum atomic E-state index is 13.1. The smallest absolute Gasteiger partial charge is 0.340 e. The lowest BCUT2D eigenvalue weighted by atomic mass is 9.84. The number of ether oxygens (including phenoxy) is 1. The molecule has 4 rings (SSSR count). The number of para-hydroxylation sites is 1. The average Bonchev–Trinajstić information content (AvgIpc) is 2.92. The number of hydrogen-bond donors (Lipinski definition) is 0. The Labute approximate surface area is 158 Å². The van der Waals surface area contributed by atoms with Gasteiger partial charge in [-0.2, -0.15) is 0 Å². The van der Waals surface area contributed by atoms with Gasteiger partial charge in [-0.15, -0.1) is 0 Å². The monoisotopic (exact) mass is 376 g/mol. The highest BCUT2D eigenvalue weighted by atomic mass is 19.3. The normalized spacial score (nSPS) is 25.3. The van der Waals surface area contributed by atoms with E-state index in [1.54, 1.807) is 0 Å². The van der Waals surface area contributed by atoms with Gasteiger partial charge in [0, 0.05) is 29.2 Å². The van der Waals surface area contributed by atoms with Crippen molar-refractivity contribution in [1.29, 1.82) is 0 Å². The number of halogens is 2. The molecule has 4 nitrogen and oxygen atoms in total. The number of methoxy groups -OCH3 is 1. The Kier molecular flexibility index (Phi) is 4.70. The summed E-state index contributed by atoms with van der Waals surface area (Å²) in [5, 5.41) is 0.929. The van der Waals surface area contributed by atoms with Crippen LogP contribution in [0.1, 0.15) is 41.7 Å². The van der Waals surface area contributed by atoms with Crippen LogP contribution in [0.5, 0.6) is 0 Å². The summed E-state index contributed by atoms with van der Waals surface area (Å²) in [5.41, 5.74) is 2.64. The number of carbonyl (C=O) groups is 1. The fourth-order valence-electron chi connectivity index (χ4n) is 4.78. The number of hydrogen-bond acceptors (Lipinski definition) is 3. The fraction of sp³-hybridized carbons (Fsp3) is 0.571. The molecule has 1 saturated carbocycles. The molecule has 0 spiro atoms. The van der Waals surface area contributed by atoms with Crippen LogP contribution in [0, 0.1) is 12.8 Å². The molecule has 6 heteroatoms. The molecular weight excluding hydrogens is 350 g/mol.